The molecule has 1 aliphatic rings. The predicted molar refractivity (Wildman–Crippen MR) is 110 cm³/mol. The molecule has 0 amide bonds. The van der Waals surface area contributed by atoms with Crippen LogP contribution in [-0.2, 0) is 9.59 Å². The maximum atomic E-state index is 12.6. The van der Waals surface area contributed by atoms with Gasteiger partial charge in [-0.3, -0.25) is 9.59 Å². The molecule has 0 aromatic heterocycles. The van der Waals surface area contributed by atoms with Gasteiger partial charge in [0.05, 0.1) is 10.8 Å². The van der Waals surface area contributed by atoms with E-state index in [4.69, 9.17) is 0 Å². The summed E-state index contributed by atoms with van der Waals surface area (Å²) < 4.78 is 0. The summed E-state index contributed by atoms with van der Waals surface area (Å²) in [5.74, 6) is -1.96. The van der Waals surface area contributed by atoms with Crippen molar-refractivity contribution in [2.75, 3.05) is 0 Å². The second-order valence-electron chi connectivity index (χ2n) is 8.92. The summed E-state index contributed by atoms with van der Waals surface area (Å²) in [6.45, 7) is 8.26. The van der Waals surface area contributed by atoms with Gasteiger partial charge in [0.2, 0.25) is 0 Å². The van der Waals surface area contributed by atoms with Crippen LogP contribution in [0.25, 0.3) is 0 Å². The molecule has 0 radical (unpaired) electrons. The van der Waals surface area contributed by atoms with Gasteiger partial charge in [0.15, 0.2) is 0 Å². The molecule has 0 heterocycles. The van der Waals surface area contributed by atoms with Crippen LogP contribution >= 0.6 is 0 Å². The zero-order valence-electron chi connectivity index (χ0n) is 18.1. The highest BCUT2D eigenvalue weighted by molar-refractivity contribution is 5.88. The Hall–Kier alpha value is -1.06. The first-order chi connectivity index (χ1) is 12.8. The lowest BCUT2D eigenvalue weighted by Crippen LogP contribution is -2.53. The van der Waals surface area contributed by atoms with Gasteiger partial charge >= 0.3 is 11.9 Å². The molecular weight excluding hydrogens is 340 g/mol. The van der Waals surface area contributed by atoms with E-state index in [1.54, 1.807) is 0 Å². The molecule has 0 aromatic carbocycles. The lowest BCUT2D eigenvalue weighted by molar-refractivity contribution is -0.179. The Labute approximate surface area is 166 Å². The van der Waals surface area contributed by atoms with Gasteiger partial charge in [-0.1, -0.05) is 91.9 Å². The molecule has 4 heteroatoms. The second kappa shape index (κ2) is 11.1. The minimum atomic E-state index is -1.13. The fourth-order valence-electron chi connectivity index (χ4n) is 5.78. The average molecular weight is 383 g/mol. The van der Waals surface area contributed by atoms with Gasteiger partial charge in [-0.15, -0.1) is 0 Å². The smallest absolute Gasteiger partial charge is 0.311 e. The fraction of sp³-hybridized carbons (Fsp3) is 0.913. The third kappa shape index (κ3) is 4.86. The van der Waals surface area contributed by atoms with E-state index in [0.29, 0.717) is 19.3 Å². The summed E-state index contributed by atoms with van der Waals surface area (Å²) in [7, 11) is 0. The monoisotopic (exact) mass is 382 g/mol. The van der Waals surface area contributed by atoms with Crippen molar-refractivity contribution in [2.45, 2.75) is 111 Å². The number of rotatable bonds is 14. The van der Waals surface area contributed by atoms with E-state index in [0.717, 1.165) is 64.2 Å². The summed E-state index contributed by atoms with van der Waals surface area (Å²) in [6.07, 6.45) is 12.1. The van der Waals surface area contributed by atoms with Gasteiger partial charge in [0.1, 0.15) is 0 Å². The Kier molecular flexibility index (Phi) is 9.83. The van der Waals surface area contributed by atoms with Crippen LogP contribution in [0.15, 0.2) is 0 Å². The standard InChI is InChI=1S/C23H42O4/c1-5-7-9-11-13-15-22(20(24)25)18(3)17-19(4)23(22,21(26)27)16-14-12-10-8-6-2/h18-19H,5-17H2,1-4H3,(H,24,25)(H,26,27). The molecule has 0 aromatic rings. The van der Waals surface area contributed by atoms with E-state index < -0.39 is 22.8 Å². The minimum Gasteiger partial charge on any atom is -0.481 e. The molecule has 0 bridgehead atoms. The van der Waals surface area contributed by atoms with Crippen molar-refractivity contribution in [3.63, 3.8) is 0 Å². The Morgan fingerprint density at radius 3 is 1.33 bits per heavy atom. The molecule has 1 fully saturated rings. The van der Waals surface area contributed by atoms with Crippen molar-refractivity contribution < 1.29 is 19.8 Å². The normalized spacial score (nSPS) is 30.5. The van der Waals surface area contributed by atoms with Crippen molar-refractivity contribution in [1.29, 1.82) is 0 Å². The van der Waals surface area contributed by atoms with Crippen molar-refractivity contribution >= 4 is 11.9 Å². The van der Waals surface area contributed by atoms with Gasteiger partial charge in [0, 0.05) is 0 Å². The van der Waals surface area contributed by atoms with Crippen LogP contribution in [0.5, 0.6) is 0 Å². The highest BCUT2D eigenvalue weighted by Gasteiger charge is 2.69. The van der Waals surface area contributed by atoms with Crippen molar-refractivity contribution in [3.05, 3.63) is 0 Å². The van der Waals surface area contributed by atoms with Crippen LogP contribution < -0.4 is 0 Å². The lowest BCUT2D eigenvalue weighted by Gasteiger charge is -2.44. The SMILES string of the molecule is CCCCCCCC1(C(=O)O)C(C)CC(C)C1(CCCCCCC)C(=O)O. The van der Waals surface area contributed by atoms with Gasteiger partial charge in [0.25, 0.3) is 0 Å². The van der Waals surface area contributed by atoms with E-state index in [1.807, 2.05) is 13.8 Å². The van der Waals surface area contributed by atoms with Gasteiger partial charge < -0.3 is 10.2 Å². The maximum Gasteiger partial charge on any atom is 0.311 e. The largest absolute Gasteiger partial charge is 0.481 e. The first-order valence-electron chi connectivity index (χ1n) is 11.3. The highest BCUT2D eigenvalue weighted by atomic mass is 16.4. The Morgan fingerprint density at radius 1 is 0.704 bits per heavy atom. The number of carbonyl (C=O) groups is 2. The van der Waals surface area contributed by atoms with Gasteiger partial charge in [-0.25, -0.2) is 0 Å². The van der Waals surface area contributed by atoms with E-state index >= 15 is 0 Å². The van der Waals surface area contributed by atoms with Crippen LogP contribution in [0.4, 0.5) is 0 Å². The highest BCUT2D eigenvalue weighted by Crippen LogP contribution is 2.64. The van der Waals surface area contributed by atoms with Crippen LogP contribution in [0.1, 0.15) is 111 Å². The van der Waals surface area contributed by atoms with Gasteiger partial charge in [-0.05, 0) is 31.1 Å². The van der Waals surface area contributed by atoms with E-state index in [1.165, 1.54) is 0 Å². The quantitative estimate of drug-likeness (QED) is 0.335. The summed E-state index contributed by atoms with van der Waals surface area (Å²) in [5.41, 5.74) is -2.26. The molecule has 4 unspecified atom stereocenters. The summed E-state index contributed by atoms with van der Waals surface area (Å²) >= 11 is 0. The molecule has 27 heavy (non-hydrogen) atoms. The van der Waals surface area contributed by atoms with Crippen molar-refractivity contribution in [2.24, 2.45) is 22.7 Å². The Morgan fingerprint density at radius 2 is 1.04 bits per heavy atom. The van der Waals surface area contributed by atoms with E-state index in [-0.39, 0.29) is 11.8 Å². The van der Waals surface area contributed by atoms with Crippen LogP contribution in [0.3, 0.4) is 0 Å². The summed E-state index contributed by atoms with van der Waals surface area (Å²) in [4.78, 5) is 25.2. The predicted octanol–water partition coefficient (Wildman–Crippen LogP) is 6.53. The molecule has 1 rings (SSSR count). The Bertz CT molecular complexity index is 433. The first-order valence-corrected chi connectivity index (χ1v) is 11.3. The van der Waals surface area contributed by atoms with Crippen molar-refractivity contribution in [1.82, 2.24) is 0 Å². The molecular formula is C23H42O4. The van der Waals surface area contributed by atoms with Gasteiger partial charge in [-0.2, -0.15) is 0 Å². The summed E-state index contributed by atoms with van der Waals surface area (Å²) in [6, 6.07) is 0. The van der Waals surface area contributed by atoms with Crippen molar-refractivity contribution in [3.8, 4) is 0 Å². The zero-order chi connectivity index (χ0) is 20.5. The number of unbranched alkanes of at least 4 members (excludes halogenated alkanes) is 8. The number of hydrogen-bond acceptors (Lipinski definition) is 2. The van der Waals surface area contributed by atoms with Crippen LogP contribution in [0.2, 0.25) is 0 Å². The summed E-state index contributed by atoms with van der Waals surface area (Å²) in [5, 5.41) is 20.6. The third-order valence-corrected chi connectivity index (χ3v) is 7.30. The number of carboxylic acid groups (broad SMARTS) is 2. The van der Waals surface area contributed by atoms with E-state index in [9.17, 15) is 19.8 Å². The molecule has 0 saturated heterocycles. The zero-order valence-corrected chi connectivity index (χ0v) is 18.1. The molecule has 1 saturated carbocycles. The molecule has 1 aliphatic carbocycles. The minimum absolute atomic E-state index is 0.0945. The number of hydrogen-bond donors (Lipinski definition) is 2. The Balaban J connectivity index is 3.07. The lowest BCUT2D eigenvalue weighted by atomic mass is 9.56. The third-order valence-electron chi connectivity index (χ3n) is 7.30. The molecule has 2 N–H and O–H groups in total. The first kappa shape index (κ1) is 24.0. The number of aliphatic carboxylic acids is 2. The topological polar surface area (TPSA) is 74.6 Å². The second-order valence-corrected chi connectivity index (χ2v) is 8.92. The van der Waals surface area contributed by atoms with Crippen LogP contribution in [0, 0.1) is 22.7 Å². The molecule has 4 nitrogen and oxygen atoms in total. The molecule has 0 aliphatic heterocycles. The molecule has 0 spiro atoms. The fourth-order valence-corrected chi connectivity index (χ4v) is 5.78. The average Bonchev–Trinajstić information content (AvgIpc) is 2.83. The van der Waals surface area contributed by atoms with Crippen LogP contribution in [-0.4, -0.2) is 22.2 Å². The molecule has 4 atom stereocenters. The maximum absolute atomic E-state index is 12.6. The molecule has 158 valence electrons. The van der Waals surface area contributed by atoms with E-state index in [2.05, 4.69) is 13.8 Å². The number of carboxylic acids is 2.